The normalized spacial score (nSPS) is 14.1. The van der Waals surface area contributed by atoms with E-state index in [1.54, 1.807) is 30.3 Å². The smallest absolute Gasteiger partial charge is 0.325 e. The van der Waals surface area contributed by atoms with E-state index >= 15 is 0 Å². The standard InChI is InChI=1S/C21H33N7O6/c1-12(20(33)34)26-19(32)16(10-13-6-3-2-4-7-13)28-18(31)15(8-5-9-25-21(23)24)27-17(30)14(22)11-29/h2-4,6-7,12,14-16,29H,5,8-11,22H2,1H3,(H,26,32)(H,27,30)(H,28,31)(H,33,34)(H4,23,24,25). The molecule has 34 heavy (non-hydrogen) atoms. The Morgan fingerprint density at radius 2 is 1.56 bits per heavy atom. The molecule has 0 aliphatic heterocycles. The van der Waals surface area contributed by atoms with Gasteiger partial charge < -0.3 is 43.4 Å². The molecule has 0 saturated carbocycles. The van der Waals surface area contributed by atoms with Crippen LogP contribution >= 0.6 is 0 Å². The first-order valence-corrected chi connectivity index (χ1v) is 10.6. The second kappa shape index (κ2) is 14.4. The summed E-state index contributed by atoms with van der Waals surface area (Å²) in [5, 5.41) is 25.6. The average molecular weight is 480 g/mol. The topological polar surface area (TPSA) is 235 Å². The van der Waals surface area contributed by atoms with Crippen molar-refractivity contribution in [2.45, 2.75) is 50.4 Å². The minimum atomic E-state index is -1.24. The number of amides is 3. The number of nitrogens with two attached hydrogens (primary N) is 3. The van der Waals surface area contributed by atoms with Crippen molar-refractivity contribution in [1.29, 1.82) is 0 Å². The third-order valence-electron chi connectivity index (χ3n) is 4.76. The van der Waals surface area contributed by atoms with Gasteiger partial charge >= 0.3 is 5.97 Å². The van der Waals surface area contributed by atoms with E-state index in [4.69, 9.17) is 27.4 Å². The lowest BCUT2D eigenvalue weighted by atomic mass is 10.0. The summed E-state index contributed by atoms with van der Waals surface area (Å²) in [5.41, 5.74) is 16.8. The largest absolute Gasteiger partial charge is 0.480 e. The van der Waals surface area contributed by atoms with Crippen LogP contribution in [-0.4, -0.2) is 77.2 Å². The zero-order chi connectivity index (χ0) is 25.7. The van der Waals surface area contributed by atoms with Crippen molar-refractivity contribution in [3.05, 3.63) is 35.9 Å². The number of carbonyl (C=O) groups is 4. The maximum atomic E-state index is 13.0. The first-order valence-electron chi connectivity index (χ1n) is 10.6. The van der Waals surface area contributed by atoms with Gasteiger partial charge in [-0.3, -0.25) is 24.2 Å². The van der Waals surface area contributed by atoms with Crippen LogP contribution in [0.25, 0.3) is 0 Å². The molecule has 0 bridgehead atoms. The van der Waals surface area contributed by atoms with Gasteiger partial charge in [0.15, 0.2) is 5.96 Å². The number of aliphatic carboxylic acids is 1. The molecule has 13 nitrogen and oxygen atoms in total. The SMILES string of the molecule is CC(NC(=O)C(Cc1ccccc1)NC(=O)C(CCCN=C(N)N)NC(=O)C(N)CO)C(=O)O. The number of nitrogens with zero attached hydrogens (tertiary/aromatic N) is 1. The van der Waals surface area contributed by atoms with Crippen LogP contribution in [0.3, 0.4) is 0 Å². The minimum absolute atomic E-state index is 0.0789. The Balaban J connectivity index is 3.04. The predicted octanol–water partition coefficient (Wildman–Crippen LogP) is -2.84. The summed E-state index contributed by atoms with van der Waals surface area (Å²) in [5.74, 6) is -3.51. The number of hydrogen-bond donors (Lipinski definition) is 8. The Morgan fingerprint density at radius 3 is 2.12 bits per heavy atom. The molecule has 1 aromatic carbocycles. The lowest BCUT2D eigenvalue weighted by molar-refractivity contribution is -0.141. The van der Waals surface area contributed by atoms with Crippen molar-refractivity contribution < 1.29 is 29.4 Å². The number of benzene rings is 1. The van der Waals surface area contributed by atoms with Gasteiger partial charge in [0.2, 0.25) is 17.7 Å². The van der Waals surface area contributed by atoms with Crippen LogP contribution in [0.15, 0.2) is 35.3 Å². The summed E-state index contributed by atoms with van der Waals surface area (Å²) >= 11 is 0. The maximum Gasteiger partial charge on any atom is 0.325 e. The highest BCUT2D eigenvalue weighted by Gasteiger charge is 2.29. The molecule has 11 N–H and O–H groups in total. The molecule has 1 rings (SSSR count). The second-order valence-corrected chi connectivity index (χ2v) is 7.62. The van der Waals surface area contributed by atoms with Gasteiger partial charge in [-0.1, -0.05) is 30.3 Å². The summed E-state index contributed by atoms with van der Waals surface area (Å²) in [4.78, 5) is 52.9. The molecule has 4 unspecified atom stereocenters. The van der Waals surface area contributed by atoms with E-state index in [-0.39, 0.29) is 25.3 Å². The van der Waals surface area contributed by atoms with Crippen LogP contribution in [-0.2, 0) is 25.6 Å². The molecule has 0 aliphatic carbocycles. The first kappa shape index (κ1) is 28.3. The van der Waals surface area contributed by atoms with Crippen LogP contribution in [0.1, 0.15) is 25.3 Å². The van der Waals surface area contributed by atoms with Crippen molar-refractivity contribution in [3.63, 3.8) is 0 Å². The summed E-state index contributed by atoms with van der Waals surface area (Å²) in [6, 6.07) is 4.15. The number of hydrogen-bond acceptors (Lipinski definition) is 7. The van der Waals surface area contributed by atoms with Crippen LogP contribution < -0.4 is 33.2 Å². The van der Waals surface area contributed by atoms with E-state index in [1.165, 1.54) is 6.92 Å². The van der Waals surface area contributed by atoms with Crippen molar-refractivity contribution >= 4 is 29.7 Å². The third kappa shape index (κ3) is 10.3. The maximum absolute atomic E-state index is 13.0. The van der Waals surface area contributed by atoms with Gasteiger partial charge in [-0.25, -0.2) is 0 Å². The van der Waals surface area contributed by atoms with Crippen molar-refractivity contribution in [2.75, 3.05) is 13.2 Å². The Kier molecular flexibility index (Phi) is 12.0. The fourth-order valence-electron chi connectivity index (χ4n) is 2.84. The summed E-state index contributed by atoms with van der Waals surface area (Å²) in [6.07, 6.45) is 0.503. The van der Waals surface area contributed by atoms with Crippen LogP contribution in [0.2, 0.25) is 0 Å². The summed E-state index contributed by atoms with van der Waals surface area (Å²) < 4.78 is 0. The van der Waals surface area contributed by atoms with Crippen LogP contribution in [0, 0.1) is 0 Å². The highest BCUT2D eigenvalue weighted by molar-refractivity contribution is 5.94. The highest BCUT2D eigenvalue weighted by Crippen LogP contribution is 2.06. The number of carbonyl (C=O) groups excluding carboxylic acids is 3. The number of carboxylic acids is 1. The molecular formula is C21H33N7O6. The summed E-state index contributed by atoms with van der Waals surface area (Å²) in [7, 11) is 0. The Bertz CT molecular complexity index is 860. The summed E-state index contributed by atoms with van der Waals surface area (Å²) in [6.45, 7) is 0.864. The van der Waals surface area contributed by atoms with E-state index in [0.717, 1.165) is 5.56 Å². The number of aliphatic imine (C=N–C) groups is 1. The number of guanidine groups is 1. The lowest BCUT2D eigenvalue weighted by Gasteiger charge is -2.24. The Hall–Kier alpha value is -3.71. The molecule has 0 radical (unpaired) electrons. The first-order chi connectivity index (χ1) is 16.0. The van der Waals surface area contributed by atoms with Gasteiger partial charge in [0.05, 0.1) is 6.61 Å². The molecular weight excluding hydrogens is 446 g/mol. The molecule has 188 valence electrons. The molecule has 4 atom stereocenters. The quantitative estimate of drug-likeness (QED) is 0.0778. The molecule has 0 aliphatic rings. The fraction of sp³-hybridized carbons (Fsp3) is 0.476. The van der Waals surface area contributed by atoms with Gasteiger partial charge in [-0.05, 0) is 25.3 Å². The number of carboxylic acid groups (broad SMARTS) is 1. The predicted molar refractivity (Wildman–Crippen MR) is 124 cm³/mol. The van der Waals surface area contributed by atoms with Crippen molar-refractivity contribution in [2.24, 2.45) is 22.2 Å². The second-order valence-electron chi connectivity index (χ2n) is 7.62. The van der Waals surface area contributed by atoms with Crippen LogP contribution in [0.5, 0.6) is 0 Å². The Labute approximate surface area is 197 Å². The zero-order valence-electron chi connectivity index (χ0n) is 18.9. The van der Waals surface area contributed by atoms with Gasteiger partial charge in [0.25, 0.3) is 0 Å². The fourth-order valence-corrected chi connectivity index (χ4v) is 2.84. The number of rotatable bonds is 14. The number of aliphatic hydroxyl groups is 1. The molecule has 0 heterocycles. The molecule has 1 aromatic rings. The highest BCUT2D eigenvalue weighted by atomic mass is 16.4. The molecule has 0 spiro atoms. The number of aliphatic hydroxyl groups excluding tert-OH is 1. The Morgan fingerprint density at radius 1 is 0.971 bits per heavy atom. The van der Waals surface area contributed by atoms with E-state index in [2.05, 4.69) is 20.9 Å². The third-order valence-corrected chi connectivity index (χ3v) is 4.76. The van der Waals surface area contributed by atoms with E-state index in [9.17, 15) is 19.2 Å². The van der Waals surface area contributed by atoms with E-state index in [1.807, 2.05) is 0 Å². The van der Waals surface area contributed by atoms with Crippen molar-refractivity contribution in [1.82, 2.24) is 16.0 Å². The molecule has 0 saturated heterocycles. The average Bonchev–Trinajstić information content (AvgIpc) is 2.80. The molecule has 0 aromatic heterocycles. The van der Waals surface area contributed by atoms with Gasteiger partial charge in [-0.15, -0.1) is 0 Å². The molecule has 13 heteroatoms. The van der Waals surface area contributed by atoms with Gasteiger partial charge in [0.1, 0.15) is 24.2 Å². The van der Waals surface area contributed by atoms with E-state index in [0.29, 0.717) is 6.42 Å². The van der Waals surface area contributed by atoms with Gasteiger partial charge in [0, 0.05) is 13.0 Å². The molecule has 3 amide bonds. The lowest BCUT2D eigenvalue weighted by Crippen LogP contribution is -2.57. The van der Waals surface area contributed by atoms with Gasteiger partial charge in [-0.2, -0.15) is 0 Å². The zero-order valence-corrected chi connectivity index (χ0v) is 18.9. The van der Waals surface area contributed by atoms with E-state index < -0.39 is 54.5 Å². The van der Waals surface area contributed by atoms with Crippen LogP contribution in [0.4, 0.5) is 0 Å². The minimum Gasteiger partial charge on any atom is -0.480 e. The molecule has 0 fully saturated rings. The number of nitrogens with one attached hydrogen (secondary N) is 3. The van der Waals surface area contributed by atoms with Crippen molar-refractivity contribution in [3.8, 4) is 0 Å². The monoisotopic (exact) mass is 479 g/mol.